The van der Waals surface area contributed by atoms with Crippen LogP contribution in [0.3, 0.4) is 0 Å². The van der Waals surface area contributed by atoms with Crippen molar-refractivity contribution in [1.29, 1.82) is 0 Å². The minimum Gasteiger partial charge on any atom is -0.466 e. The highest BCUT2D eigenvalue weighted by atomic mass is 16.5. The molecule has 79 heavy (non-hydrogen) atoms. The van der Waals surface area contributed by atoms with E-state index in [0.29, 0.717) is 25.9 Å². The van der Waals surface area contributed by atoms with Crippen molar-refractivity contribution in [2.45, 2.75) is 443 Å². The molecule has 0 fully saturated rings. The van der Waals surface area contributed by atoms with Gasteiger partial charge in [0, 0.05) is 12.8 Å². The molecule has 0 aromatic carbocycles. The smallest absolute Gasteiger partial charge is 0.305 e. The number of hydrogen-bond acceptors (Lipinski definition) is 5. The topological polar surface area (TPSA) is 95.9 Å². The lowest BCUT2D eigenvalue weighted by Crippen LogP contribution is -2.45. The summed E-state index contributed by atoms with van der Waals surface area (Å²) in [6, 6.07) is -0.543. The highest BCUT2D eigenvalue weighted by molar-refractivity contribution is 5.76. The Labute approximate surface area is 496 Å². The quantitative estimate of drug-likeness (QED) is 0.0417. The van der Waals surface area contributed by atoms with E-state index in [0.717, 1.165) is 38.5 Å². The lowest BCUT2D eigenvalue weighted by atomic mass is 10.0. The first-order chi connectivity index (χ1) is 39.0. The molecule has 0 aliphatic carbocycles. The summed E-state index contributed by atoms with van der Waals surface area (Å²) in [5.74, 6) is -0.0137. The predicted molar refractivity (Wildman–Crippen MR) is 347 cm³/mol. The molecule has 0 saturated heterocycles. The molecule has 0 rings (SSSR count). The molecule has 0 aliphatic rings. The SMILES string of the molecule is CCCCCCCCCCCCCCCCCCCCCCCCCCC(O)C(CO)NC(=O)CCCCCCCCCCCCCCCCCCCCCCOC(=O)CCCCCCCCCCCCCCCCCCCC. The van der Waals surface area contributed by atoms with Gasteiger partial charge in [0.1, 0.15) is 0 Å². The number of carbonyl (C=O) groups is 2. The number of amides is 1. The van der Waals surface area contributed by atoms with E-state index >= 15 is 0 Å². The Morgan fingerprint density at radius 1 is 0.304 bits per heavy atom. The number of nitrogens with one attached hydrogen (secondary N) is 1. The van der Waals surface area contributed by atoms with Crippen molar-refractivity contribution >= 4 is 11.9 Å². The second kappa shape index (κ2) is 69.4. The second-order valence-corrected chi connectivity index (χ2v) is 25.6. The van der Waals surface area contributed by atoms with E-state index in [-0.39, 0.29) is 18.5 Å². The fourth-order valence-corrected chi connectivity index (χ4v) is 12.1. The van der Waals surface area contributed by atoms with Gasteiger partial charge in [-0.3, -0.25) is 9.59 Å². The maximum absolute atomic E-state index is 12.6. The minimum absolute atomic E-state index is 0.0169. The van der Waals surface area contributed by atoms with Crippen LogP contribution in [0.5, 0.6) is 0 Å². The zero-order chi connectivity index (χ0) is 57.1. The van der Waals surface area contributed by atoms with Gasteiger partial charge in [-0.1, -0.05) is 393 Å². The van der Waals surface area contributed by atoms with Gasteiger partial charge in [0.25, 0.3) is 0 Å². The summed E-state index contributed by atoms with van der Waals surface area (Å²) >= 11 is 0. The summed E-state index contributed by atoms with van der Waals surface area (Å²) in [6.07, 6.45) is 84.4. The summed E-state index contributed by atoms with van der Waals surface area (Å²) in [4.78, 5) is 24.7. The molecule has 0 aromatic rings. The number of esters is 1. The van der Waals surface area contributed by atoms with Crippen LogP contribution < -0.4 is 5.32 Å². The Balaban J connectivity index is 3.36. The first-order valence-electron chi connectivity index (χ1n) is 36.8. The molecule has 6 nitrogen and oxygen atoms in total. The number of aliphatic hydroxyl groups excluding tert-OH is 2. The fourth-order valence-electron chi connectivity index (χ4n) is 12.1. The highest BCUT2D eigenvalue weighted by Gasteiger charge is 2.20. The molecular weight excluding hydrogens is 971 g/mol. The Hall–Kier alpha value is -1.14. The highest BCUT2D eigenvalue weighted by Crippen LogP contribution is 2.20. The van der Waals surface area contributed by atoms with Crippen LogP contribution in [-0.4, -0.2) is 47.4 Å². The zero-order valence-electron chi connectivity index (χ0n) is 54.2. The number of rotatable bonds is 70. The van der Waals surface area contributed by atoms with E-state index < -0.39 is 12.1 Å². The lowest BCUT2D eigenvalue weighted by Gasteiger charge is -2.22. The molecule has 6 heteroatoms. The third kappa shape index (κ3) is 65.9. The number of carbonyl (C=O) groups excluding carboxylic acids is 2. The molecule has 2 unspecified atom stereocenters. The molecule has 0 bridgehead atoms. The Kier molecular flexibility index (Phi) is 68.4. The molecule has 0 aromatic heterocycles. The molecule has 0 aliphatic heterocycles. The average Bonchev–Trinajstić information content (AvgIpc) is 3.45. The van der Waals surface area contributed by atoms with Crippen LogP contribution in [0.1, 0.15) is 431 Å². The number of aliphatic hydroxyl groups is 2. The molecule has 0 spiro atoms. The van der Waals surface area contributed by atoms with Crippen LogP contribution in [0.4, 0.5) is 0 Å². The molecule has 0 saturated carbocycles. The standard InChI is InChI=1S/C73H145NO5/c1-3-5-7-9-11-13-15-17-19-21-23-24-25-26-27-30-33-37-41-45-49-53-57-61-65-71(76)70(69-75)74-72(77)66-62-58-54-50-46-42-38-34-31-28-29-32-36-40-44-48-52-56-60-64-68-79-73(78)67-63-59-55-51-47-43-39-35-22-20-18-16-14-12-10-8-6-4-2/h70-71,75-76H,3-69H2,1-2H3,(H,74,77). The van der Waals surface area contributed by atoms with Gasteiger partial charge in [0.05, 0.1) is 25.4 Å². The van der Waals surface area contributed by atoms with Gasteiger partial charge in [0.2, 0.25) is 5.91 Å². The summed E-state index contributed by atoms with van der Waals surface area (Å²) < 4.78 is 5.51. The number of unbranched alkanes of at least 4 members (excludes halogenated alkanes) is 59. The first-order valence-corrected chi connectivity index (χ1v) is 36.8. The van der Waals surface area contributed by atoms with Crippen molar-refractivity contribution in [3.63, 3.8) is 0 Å². The van der Waals surface area contributed by atoms with Crippen LogP contribution in [0.2, 0.25) is 0 Å². The van der Waals surface area contributed by atoms with E-state index in [9.17, 15) is 19.8 Å². The molecular formula is C73H145NO5. The largest absolute Gasteiger partial charge is 0.466 e. The first kappa shape index (κ1) is 77.9. The average molecular weight is 1120 g/mol. The van der Waals surface area contributed by atoms with Gasteiger partial charge >= 0.3 is 5.97 Å². The molecule has 0 radical (unpaired) electrons. The second-order valence-electron chi connectivity index (χ2n) is 25.6. The van der Waals surface area contributed by atoms with Crippen LogP contribution in [0.15, 0.2) is 0 Å². The molecule has 0 heterocycles. The van der Waals surface area contributed by atoms with Crippen molar-refractivity contribution in [2.24, 2.45) is 0 Å². The fraction of sp³-hybridized carbons (Fsp3) is 0.973. The van der Waals surface area contributed by atoms with Gasteiger partial charge in [-0.25, -0.2) is 0 Å². The van der Waals surface area contributed by atoms with E-state index in [4.69, 9.17) is 4.74 Å². The summed E-state index contributed by atoms with van der Waals surface area (Å²) in [6.45, 7) is 5.01. The maximum Gasteiger partial charge on any atom is 0.305 e. The number of ether oxygens (including phenoxy) is 1. The van der Waals surface area contributed by atoms with Crippen molar-refractivity contribution < 1.29 is 24.5 Å². The van der Waals surface area contributed by atoms with Crippen LogP contribution in [0, 0.1) is 0 Å². The van der Waals surface area contributed by atoms with E-state index in [1.807, 2.05) is 0 Å². The van der Waals surface area contributed by atoms with Gasteiger partial charge < -0.3 is 20.3 Å². The summed E-state index contributed by atoms with van der Waals surface area (Å²) in [5.41, 5.74) is 0. The van der Waals surface area contributed by atoms with Gasteiger partial charge in [-0.2, -0.15) is 0 Å². The Morgan fingerprint density at radius 2 is 0.519 bits per heavy atom. The van der Waals surface area contributed by atoms with Crippen molar-refractivity contribution in [2.75, 3.05) is 13.2 Å². The van der Waals surface area contributed by atoms with Crippen molar-refractivity contribution in [1.82, 2.24) is 5.32 Å². The van der Waals surface area contributed by atoms with E-state index in [1.54, 1.807) is 0 Å². The van der Waals surface area contributed by atoms with Crippen LogP contribution >= 0.6 is 0 Å². The Morgan fingerprint density at radius 3 is 0.772 bits per heavy atom. The summed E-state index contributed by atoms with van der Waals surface area (Å²) in [7, 11) is 0. The van der Waals surface area contributed by atoms with E-state index in [2.05, 4.69) is 19.2 Å². The van der Waals surface area contributed by atoms with Gasteiger partial charge in [-0.05, 0) is 25.7 Å². The third-order valence-electron chi connectivity index (χ3n) is 17.7. The predicted octanol–water partition coefficient (Wildman–Crippen LogP) is 23.8. The van der Waals surface area contributed by atoms with Gasteiger partial charge in [0.15, 0.2) is 0 Å². The molecule has 2 atom stereocenters. The molecule has 1 amide bonds. The normalized spacial score (nSPS) is 12.4. The lowest BCUT2D eigenvalue weighted by molar-refractivity contribution is -0.143. The third-order valence-corrected chi connectivity index (χ3v) is 17.7. The minimum atomic E-state index is -0.666. The zero-order valence-corrected chi connectivity index (χ0v) is 54.2. The van der Waals surface area contributed by atoms with Crippen molar-refractivity contribution in [3.05, 3.63) is 0 Å². The number of hydrogen-bond donors (Lipinski definition) is 3. The van der Waals surface area contributed by atoms with Crippen molar-refractivity contribution in [3.8, 4) is 0 Å². The molecule has 3 N–H and O–H groups in total. The van der Waals surface area contributed by atoms with Crippen LogP contribution in [-0.2, 0) is 14.3 Å². The van der Waals surface area contributed by atoms with E-state index in [1.165, 1.54) is 360 Å². The molecule has 472 valence electrons. The monoisotopic (exact) mass is 1120 g/mol. The van der Waals surface area contributed by atoms with Crippen LogP contribution in [0.25, 0.3) is 0 Å². The maximum atomic E-state index is 12.6. The van der Waals surface area contributed by atoms with Gasteiger partial charge in [-0.15, -0.1) is 0 Å². The Bertz CT molecular complexity index is 1150. The summed E-state index contributed by atoms with van der Waals surface area (Å²) in [5, 5.41) is 23.5.